The first kappa shape index (κ1) is 18.0. The second-order valence-electron chi connectivity index (χ2n) is 8.53. The van der Waals surface area contributed by atoms with E-state index < -0.39 is 8.07 Å². The number of phenols is 1. The van der Waals surface area contributed by atoms with E-state index in [0.717, 1.165) is 32.0 Å². The summed E-state index contributed by atoms with van der Waals surface area (Å²) in [5.41, 5.74) is 0.756. The normalized spacial score (nSPS) is 27.0. The van der Waals surface area contributed by atoms with Crippen LogP contribution < -0.4 is 10.5 Å². The molecule has 0 radical (unpaired) electrons. The minimum absolute atomic E-state index is 0.612. The Morgan fingerprint density at radius 1 is 1.18 bits per heavy atom. The standard InChI is InChI=1S/C19H33OPSi/c1-13(2)15-11-10-14(3)12-17(15)21-16-8-7-9-18(19(16)20)22(4,5)6/h7-9,13-15,17,20-21H,10-12H2,1-6H3/t14-,15?,17?/m1/s1. The highest BCUT2D eigenvalue weighted by Crippen LogP contribution is 2.43. The molecule has 0 bridgehead atoms. The van der Waals surface area contributed by atoms with Crippen molar-refractivity contribution in [1.82, 2.24) is 0 Å². The van der Waals surface area contributed by atoms with Crippen LogP contribution in [0.25, 0.3) is 0 Å². The quantitative estimate of drug-likeness (QED) is 0.624. The Bertz CT molecular complexity index is 507. The van der Waals surface area contributed by atoms with Crippen LogP contribution in [0.3, 0.4) is 0 Å². The van der Waals surface area contributed by atoms with Gasteiger partial charge in [0.1, 0.15) is 5.75 Å². The van der Waals surface area contributed by atoms with Crippen LogP contribution in [0.15, 0.2) is 18.2 Å². The van der Waals surface area contributed by atoms with Crippen molar-refractivity contribution in [2.24, 2.45) is 17.8 Å². The van der Waals surface area contributed by atoms with Gasteiger partial charge in [0, 0.05) is 5.30 Å². The second-order valence-corrected chi connectivity index (χ2v) is 15.1. The number of hydrogen-bond donors (Lipinski definition) is 1. The van der Waals surface area contributed by atoms with E-state index in [0.29, 0.717) is 5.75 Å². The van der Waals surface area contributed by atoms with Crippen LogP contribution in [0.1, 0.15) is 40.0 Å². The number of benzene rings is 1. The smallest absolute Gasteiger partial charge is 0.122 e. The first-order valence-corrected chi connectivity index (χ1v) is 13.4. The molecule has 1 aliphatic rings. The van der Waals surface area contributed by atoms with Crippen molar-refractivity contribution < 1.29 is 5.11 Å². The molecule has 1 aliphatic carbocycles. The van der Waals surface area contributed by atoms with E-state index in [2.05, 4.69) is 58.6 Å². The highest BCUT2D eigenvalue weighted by atomic mass is 31.1. The average molecular weight is 337 g/mol. The third kappa shape index (κ3) is 4.14. The second kappa shape index (κ2) is 7.05. The predicted octanol–water partition coefficient (Wildman–Crippen LogP) is 4.70. The molecule has 3 unspecified atom stereocenters. The molecule has 1 N–H and O–H groups in total. The third-order valence-electron chi connectivity index (χ3n) is 5.21. The molecule has 4 atom stereocenters. The van der Waals surface area contributed by atoms with Crippen molar-refractivity contribution in [1.29, 1.82) is 0 Å². The molecule has 22 heavy (non-hydrogen) atoms. The summed E-state index contributed by atoms with van der Waals surface area (Å²) in [6.45, 7) is 14.1. The van der Waals surface area contributed by atoms with Gasteiger partial charge in [0.15, 0.2) is 0 Å². The molecule has 0 saturated heterocycles. The molecule has 0 aliphatic heterocycles. The fourth-order valence-electron chi connectivity index (χ4n) is 3.83. The van der Waals surface area contributed by atoms with E-state index in [9.17, 15) is 5.11 Å². The van der Waals surface area contributed by atoms with Gasteiger partial charge in [-0.15, -0.1) is 0 Å². The first-order chi connectivity index (χ1) is 10.2. The van der Waals surface area contributed by atoms with Crippen LogP contribution in [-0.2, 0) is 0 Å². The van der Waals surface area contributed by atoms with Crippen LogP contribution in [0, 0.1) is 17.8 Å². The lowest BCUT2D eigenvalue weighted by atomic mass is 9.77. The van der Waals surface area contributed by atoms with Crippen molar-refractivity contribution in [3.05, 3.63) is 18.2 Å². The summed E-state index contributed by atoms with van der Waals surface area (Å²) in [4.78, 5) is 0. The van der Waals surface area contributed by atoms with E-state index >= 15 is 0 Å². The molecular formula is C19H33OPSi. The monoisotopic (exact) mass is 336 g/mol. The summed E-state index contributed by atoms with van der Waals surface area (Å²) in [6.07, 6.45) is 4.08. The van der Waals surface area contributed by atoms with Gasteiger partial charge in [-0.1, -0.05) is 73.6 Å². The molecule has 1 aromatic rings. The molecule has 1 saturated carbocycles. The summed E-state index contributed by atoms with van der Waals surface area (Å²) >= 11 is 0. The maximum atomic E-state index is 10.8. The minimum Gasteiger partial charge on any atom is -0.507 e. The Morgan fingerprint density at radius 2 is 1.86 bits per heavy atom. The lowest BCUT2D eigenvalue weighted by Crippen LogP contribution is -2.39. The van der Waals surface area contributed by atoms with E-state index in [-0.39, 0.29) is 0 Å². The van der Waals surface area contributed by atoms with Gasteiger partial charge in [-0.25, -0.2) is 0 Å². The van der Waals surface area contributed by atoms with Gasteiger partial charge >= 0.3 is 0 Å². The molecule has 1 nitrogen and oxygen atoms in total. The van der Waals surface area contributed by atoms with E-state index in [1.165, 1.54) is 29.8 Å². The minimum atomic E-state index is -1.47. The lowest BCUT2D eigenvalue weighted by Gasteiger charge is -2.37. The van der Waals surface area contributed by atoms with Crippen molar-refractivity contribution in [3.8, 4) is 5.75 Å². The predicted molar refractivity (Wildman–Crippen MR) is 104 cm³/mol. The van der Waals surface area contributed by atoms with Crippen LogP contribution >= 0.6 is 8.58 Å². The van der Waals surface area contributed by atoms with E-state index in [1.807, 2.05) is 0 Å². The SMILES string of the molecule is CC(C)C1CC[C@@H](C)CC1Pc1cccc([Si](C)(C)C)c1O. The molecule has 2 rings (SSSR count). The first-order valence-electron chi connectivity index (χ1n) is 8.79. The lowest BCUT2D eigenvalue weighted by molar-refractivity contribution is 0.243. The molecule has 3 heteroatoms. The van der Waals surface area contributed by atoms with Crippen molar-refractivity contribution in [2.75, 3.05) is 0 Å². The zero-order valence-corrected chi connectivity index (χ0v) is 17.1. The summed E-state index contributed by atoms with van der Waals surface area (Å²) in [5.74, 6) is 3.03. The van der Waals surface area contributed by atoms with Gasteiger partial charge < -0.3 is 5.11 Å². The fourth-order valence-corrected chi connectivity index (χ4v) is 7.55. The Morgan fingerprint density at radius 3 is 2.45 bits per heavy atom. The maximum Gasteiger partial charge on any atom is 0.122 e. The molecular weight excluding hydrogens is 303 g/mol. The summed E-state index contributed by atoms with van der Waals surface area (Å²) in [6, 6.07) is 6.46. The molecule has 0 aromatic heterocycles. The molecule has 124 valence electrons. The zero-order chi connectivity index (χ0) is 16.5. The van der Waals surface area contributed by atoms with Crippen LogP contribution in [0.2, 0.25) is 19.6 Å². The highest BCUT2D eigenvalue weighted by molar-refractivity contribution is 7.48. The number of rotatable bonds is 4. The molecule has 1 aromatic carbocycles. The van der Waals surface area contributed by atoms with Gasteiger partial charge in [0.2, 0.25) is 0 Å². The third-order valence-corrected chi connectivity index (χ3v) is 8.98. The molecule has 0 amide bonds. The summed E-state index contributed by atoms with van der Waals surface area (Å²) < 4.78 is 0. The fraction of sp³-hybridized carbons (Fsp3) is 0.684. The van der Waals surface area contributed by atoms with Crippen molar-refractivity contribution in [2.45, 2.75) is 65.3 Å². The van der Waals surface area contributed by atoms with Gasteiger partial charge in [-0.3, -0.25) is 0 Å². The van der Waals surface area contributed by atoms with E-state index in [1.54, 1.807) is 0 Å². The number of hydrogen-bond acceptors (Lipinski definition) is 1. The maximum absolute atomic E-state index is 10.8. The number of para-hydroxylation sites is 1. The van der Waals surface area contributed by atoms with Crippen molar-refractivity contribution in [3.63, 3.8) is 0 Å². The Balaban J connectivity index is 2.25. The topological polar surface area (TPSA) is 20.2 Å². The van der Waals surface area contributed by atoms with Crippen LogP contribution in [-0.4, -0.2) is 18.8 Å². The molecule has 0 spiro atoms. The Labute approximate surface area is 139 Å². The van der Waals surface area contributed by atoms with Crippen LogP contribution in [0.5, 0.6) is 5.75 Å². The molecule has 1 fully saturated rings. The average Bonchev–Trinajstić information content (AvgIpc) is 2.39. The molecule has 0 heterocycles. The van der Waals surface area contributed by atoms with Crippen molar-refractivity contribution >= 4 is 27.1 Å². The number of phenolic OH excluding ortho intramolecular Hbond substituents is 1. The van der Waals surface area contributed by atoms with Gasteiger partial charge in [0.25, 0.3) is 0 Å². The van der Waals surface area contributed by atoms with Gasteiger partial charge in [0.05, 0.1) is 8.07 Å². The zero-order valence-electron chi connectivity index (χ0n) is 15.1. The Kier molecular flexibility index (Phi) is 5.77. The number of aromatic hydroxyl groups is 1. The summed E-state index contributed by atoms with van der Waals surface area (Å²) in [7, 11) is -0.714. The van der Waals surface area contributed by atoms with Gasteiger partial charge in [-0.2, -0.15) is 0 Å². The largest absolute Gasteiger partial charge is 0.507 e. The van der Waals surface area contributed by atoms with E-state index in [4.69, 9.17) is 0 Å². The summed E-state index contributed by atoms with van der Waals surface area (Å²) in [5, 5.41) is 13.2. The highest BCUT2D eigenvalue weighted by Gasteiger charge is 2.32. The Hall–Kier alpha value is -0.333. The van der Waals surface area contributed by atoms with Gasteiger partial charge in [-0.05, 0) is 41.4 Å². The van der Waals surface area contributed by atoms with Crippen LogP contribution in [0.4, 0.5) is 0 Å².